The first-order chi connectivity index (χ1) is 13.5. The van der Waals surface area contributed by atoms with Crippen LogP contribution in [0.5, 0.6) is 0 Å². The lowest BCUT2D eigenvalue weighted by atomic mass is 9.95. The number of rotatable bonds is 4. The molecule has 3 rings (SSSR count). The van der Waals surface area contributed by atoms with Crippen molar-refractivity contribution in [3.05, 3.63) is 65.2 Å². The number of esters is 1. The molecule has 6 heteroatoms. The minimum atomic E-state index is -0.445. The Bertz CT molecular complexity index is 868. The van der Waals surface area contributed by atoms with Crippen LogP contribution < -0.4 is 5.32 Å². The van der Waals surface area contributed by atoms with Crippen molar-refractivity contribution in [3.8, 4) is 0 Å². The average molecular weight is 380 g/mol. The third kappa shape index (κ3) is 4.57. The molecule has 0 bridgehead atoms. The third-order valence-electron chi connectivity index (χ3n) is 5.00. The Balaban J connectivity index is 1.56. The third-order valence-corrected chi connectivity index (χ3v) is 5.00. The van der Waals surface area contributed by atoms with Crippen molar-refractivity contribution in [2.75, 3.05) is 25.5 Å². The van der Waals surface area contributed by atoms with E-state index in [0.29, 0.717) is 42.7 Å². The van der Waals surface area contributed by atoms with Crippen LogP contribution in [0.15, 0.2) is 48.5 Å². The van der Waals surface area contributed by atoms with Crippen LogP contribution >= 0.6 is 0 Å². The highest BCUT2D eigenvalue weighted by molar-refractivity contribution is 5.96. The second-order valence-corrected chi connectivity index (χ2v) is 6.99. The van der Waals surface area contributed by atoms with Gasteiger partial charge >= 0.3 is 5.97 Å². The molecule has 2 amide bonds. The van der Waals surface area contributed by atoms with Gasteiger partial charge in [0.25, 0.3) is 5.91 Å². The van der Waals surface area contributed by atoms with Crippen LogP contribution in [0.2, 0.25) is 0 Å². The number of methoxy groups -OCH3 is 1. The second kappa shape index (κ2) is 8.69. The average Bonchev–Trinajstić information content (AvgIpc) is 2.73. The van der Waals surface area contributed by atoms with Crippen LogP contribution in [-0.2, 0) is 9.53 Å². The van der Waals surface area contributed by atoms with Gasteiger partial charge in [0.2, 0.25) is 5.91 Å². The summed E-state index contributed by atoms with van der Waals surface area (Å²) in [6.07, 6.45) is 1.22. The maximum atomic E-state index is 12.6. The number of piperidine rings is 1. The summed E-state index contributed by atoms with van der Waals surface area (Å²) in [6.45, 7) is 3.08. The number of carbonyl (C=O) groups is 3. The van der Waals surface area contributed by atoms with E-state index in [1.54, 1.807) is 29.2 Å². The maximum absolute atomic E-state index is 12.6. The van der Waals surface area contributed by atoms with E-state index in [-0.39, 0.29) is 17.7 Å². The molecule has 6 nitrogen and oxygen atoms in total. The summed E-state index contributed by atoms with van der Waals surface area (Å²) in [7, 11) is 1.32. The Kier molecular flexibility index (Phi) is 6.09. The normalized spacial score (nSPS) is 14.4. The summed E-state index contributed by atoms with van der Waals surface area (Å²) >= 11 is 0. The molecular formula is C22H24N2O4. The quantitative estimate of drug-likeness (QED) is 0.826. The minimum Gasteiger partial charge on any atom is -0.465 e. The van der Waals surface area contributed by atoms with Crippen molar-refractivity contribution >= 4 is 23.5 Å². The smallest absolute Gasteiger partial charge is 0.337 e. The Morgan fingerprint density at radius 3 is 2.32 bits per heavy atom. The number of nitrogens with zero attached hydrogens (tertiary/aromatic N) is 1. The molecule has 28 heavy (non-hydrogen) atoms. The fourth-order valence-corrected chi connectivity index (χ4v) is 3.31. The van der Waals surface area contributed by atoms with Gasteiger partial charge in [0.1, 0.15) is 0 Å². The molecule has 1 aliphatic heterocycles. The molecule has 1 heterocycles. The number of anilines is 1. The van der Waals surface area contributed by atoms with Crippen LogP contribution in [0.4, 0.5) is 5.69 Å². The summed E-state index contributed by atoms with van der Waals surface area (Å²) in [6, 6.07) is 14.2. The number of likely N-dealkylation sites (tertiary alicyclic amines) is 1. The van der Waals surface area contributed by atoms with E-state index in [2.05, 4.69) is 5.32 Å². The fourth-order valence-electron chi connectivity index (χ4n) is 3.31. The second-order valence-electron chi connectivity index (χ2n) is 6.99. The fraction of sp³-hybridized carbons (Fsp3) is 0.318. The predicted molar refractivity (Wildman–Crippen MR) is 106 cm³/mol. The molecule has 1 aliphatic rings. The lowest BCUT2D eigenvalue weighted by Gasteiger charge is -2.31. The lowest BCUT2D eigenvalue weighted by molar-refractivity contribution is -0.121. The maximum Gasteiger partial charge on any atom is 0.337 e. The first-order valence-electron chi connectivity index (χ1n) is 9.33. The zero-order chi connectivity index (χ0) is 20.1. The number of hydrogen-bond donors (Lipinski definition) is 1. The van der Waals surface area contributed by atoms with Gasteiger partial charge in [-0.05, 0) is 50.1 Å². The monoisotopic (exact) mass is 380 g/mol. The van der Waals surface area contributed by atoms with E-state index in [9.17, 15) is 14.4 Å². The van der Waals surface area contributed by atoms with Crippen molar-refractivity contribution in [3.63, 3.8) is 0 Å². The molecular weight excluding hydrogens is 356 g/mol. The van der Waals surface area contributed by atoms with E-state index in [4.69, 9.17) is 4.74 Å². The summed E-state index contributed by atoms with van der Waals surface area (Å²) in [5.41, 5.74) is 2.74. The van der Waals surface area contributed by atoms with Crippen molar-refractivity contribution in [2.24, 2.45) is 5.92 Å². The number of nitrogens with one attached hydrogen (secondary N) is 1. The number of amides is 2. The Labute approximate surface area is 164 Å². The molecule has 2 aromatic rings. The van der Waals surface area contributed by atoms with Gasteiger partial charge in [0, 0.05) is 30.3 Å². The molecule has 0 radical (unpaired) electrons. The number of hydrogen-bond acceptors (Lipinski definition) is 4. The van der Waals surface area contributed by atoms with Crippen molar-refractivity contribution in [1.29, 1.82) is 0 Å². The first kappa shape index (κ1) is 19.6. The predicted octanol–water partition coefficient (Wildman–Crippen LogP) is 3.27. The van der Waals surface area contributed by atoms with Gasteiger partial charge in [-0.15, -0.1) is 0 Å². The number of benzene rings is 2. The van der Waals surface area contributed by atoms with Gasteiger partial charge in [0.05, 0.1) is 12.7 Å². The molecule has 0 aromatic heterocycles. The number of aryl methyl sites for hydroxylation is 1. The lowest BCUT2D eigenvalue weighted by Crippen LogP contribution is -2.41. The van der Waals surface area contributed by atoms with Crippen molar-refractivity contribution in [1.82, 2.24) is 4.90 Å². The van der Waals surface area contributed by atoms with Gasteiger partial charge in [-0.2, -0.15) is 0 Å². The standard InChI is InChI=1S/C22H24N2O4/c1-15-6-8-17(9-7-15)21(26)24-12-10-16(11-13-24)20(25)23-19-5-3-4-18(14-19)22(27)28-2/h3-9,14,16H,10-13H2,1-2H3,(H,23,25). The molecule has 146 valence electrons. The van der Waals surface area contributed by atoms with Gasteiger partial charge < -0.3 is 15.0 Å². The molecule has 0 unspecified atom stereocenters. The Morgan fingerprint density at radius 1 is 1.00 bits per heavy atom. The van der Waals surface area contributed by atoms with E-state index in [1.807, 2.05) is 31.2 Å². The summed E-state index contributed by atoms with van der Waals surface area (Å²) in [5, 5.41) is 2.86. The number of ether oxygens (including phenoxy) is 1. The largest absolute Gasteiger partial charge is 0.465 e. The van der Waals surface area contributed by atoms with Gasteiger partial charge in [0.15, 0.2) is 0 Å². The topological polar surface area (TPSA) is 75.7 Å². The van der Waals surface area contributed by atoms with E-state index in [1.165, 1.54) is 7.11 Å². The molecule has 1 N–H and O–H groups in total. The summed E-state index contributed by atoms with van der Waals surface area (Å²) < 4.78 is 4.70. The van der Waals surface area contributed by atoms with Crippen molar-refractivity contribution in [2.45, 2.75) is 19.8 Å². The van der Waals surface area contributed by atoms with E-state index >= 15 is 0 Å². The number of carbonyl (C=O) groups excluding carboxylic acids is 3. The van der Waals surface area contributed by atoms with Gasteiger partial charge in [-0.25, -0.2) is 4.79 Å². The summed E-state index contributed by atoms with van der Waals surface area (Å²) in [5.74, 6) is -0.697. The molecule has 1 saturated heterocycles. The molecule has 0 aliphatic carbocycles. The highest BCUT2D eigenvalue weighted by Crippen LogP contribution is 2.22. The van der Waals surface area contributed by atoms with Crippen molar-refractivity contribution < 1.29 is 19.1 Å². The van der Waals surface area contributed by atoms with E-state index in [0.717, 1.165) is 5.56 Å². The summed E-state index contributed by atoms with van der Waals surface area (Å²) in [4.78, 5) is 38.6. The van der Waals surface area contributed by atoms with Gasteiger partial charge in [-0.1, -0.05) is 23.8 Å². The molecule has 1 fully saturated rings. The SMILES string of the molecule is COC(=O)c1cccc(NC(=O)C2CCN(C(=O)c3ccc(C)cc3)CC2)c1. The molecule has 0 spiro atoms. The van der Waals surface area contributed by atoms with Crippen LogP contribution in [0.3, 0.4) is 0 Å². The van der Waals surface area contributed by atoms with Crippen LogP contribution in [-0.4, -0.2) is 42.9 Å². The van der Waals surface area contributed by atoms with Gasteiger partial charge in [-0.3, -0.25) is 9.59 Å². The highest BCUT2D eigenvalue weighted by atomic mass is 16.5. The molecule has 2 aromatic carbocycles. The first-order valence-corrected chi connectivity index (χ1v) is 9.33. The zero-order valence-corrected chi connectivity index (χ0v) is 16.1. The Morgan fingerprint density at radius 2 is 1.68 bits per heavy atom. The van der Waals surface area contributed by atoms with Crippen LogP contribution in [0.1, 0.15) is 39.1 Å². The minimum absolute atomic E-state index is 0.00429. The van der Waals surface area contributed by atoms with Crippen LogP contribution in [0.25, 0.3) is 0 Å². The highest BCUT2D eigenvalue weighted by Gasteiger charge is 2.28. The van der Waals surface area contributed by atoms with Crippen LogP contribution in [0, 0.1) is 12.8 Å². The van der Waals surface area contributed by atoms with E-state index < -0.39 is 5.97 Å². The Hall–Kier alpha value is -3.15. The molecule has 0 atom stereocenters. The molecule has 0 saturated carbocycles. The zero-order valence-electron chi connectivity index (χ0n) is 16.1.